The third-order valence-corrected chi connectivity index (χ3v) is 5.03. The summed E-state index contributed by atoms with van der Waals surface area (Å²) in [6.07, 6.45) is 8.48. The Labute approximate surface area is 117 Å². The van der Waals surface area contributed by atoms with E-state index < -0.39 is 0 Å². The van der Waals surface area contributed by atoms with Gasteiger partial charge in [0.05, 0.1) is 0 Å². The van der Waals surface area contributed by atoms with Crippen LogP contribution in [0.5, 0.6) is 0 Å². The minimum Gasteiger partial charge on any atom is -0.317 e. The summed E-state index contributed by atoms with van der Waals surface area (Å²) in [5.74, 6) is 2.57. The summed E-state index contributed by atoms with van der Waals surface area (Å²) >= 11 is 0. The van der Waals surface area contributed by atoms with Crippen LogP contribution in [-0.2, 0) is 13.5 Å². The monoisotopic (exact) mass is 263 g/mol. The molecular formula is C16H29N3. The second-order valence-electron chi connectivity index (χ2n) is 6.46. The maximum atomic E-state index is 4.26. The summed E-state index contributed by atoms with van der Waals surface area (Å²) < 4.78 is 2.01. The average Bonchev–Trinajstić information content (AvgIpc) is 2.81. The van der Waals surface area contributed by atoms with Crippen molar-refractivity contribution in [3.63, 3.8) is 0 Å². The van der Waals surface area contributed by atoms with Gasteiger partial charge in [0, 0.05) is 25.0 Å². The Balaban J connectivity index is 1.93. The fraction of sp³-hybridized carbons (Fsp3) is 0.812. The van der Waals surface area contributed by atoms with E-state index in [0.29, 0.717) is 6.04 Å². The van der Waals surface area contributed by atoms with Crippen LogP contribution in [-0.4, -0.2) is 22.9 Å². The highest BCUT2D eigenvalue weighted by molar-refractivity contribution is 5.00. The van der Waals surface area contributed by atoms with Gasteiger partial charge >= 0.3 is 0 Å². The van der Waals surface area contributed by atoms with E-state index in [1.165, 1.54) is 31.4 Å². The second-order valence-corrected chi connectivity index (χ2v) is 6.46. The van der Waals surface area contributed by atoms with Gasteiger partial charge in [0.2, 0.25) is 0 Å². The van der Waals surface area contributed by atoms with Gasteiger partial charge in [-0.05, 0) is 63.0 Å². The number of hydrogen-bond acceptors (Lipinski definition) is 2. The van der Waals surface area contributed by atoms with Gasteiger partial charge in [0.25, 0.3) is 0 Å². The molecule has 1 N–H and O–H groups in total. The lowest BCUT2D eigenvalue weighted by Crippen LogP contribution is -2.40. The van der Waals surface area contributed by atoms with Crippen LogP contribution in [0.3, 0.4) is 0 Å². The molecule has 19 heavy (non-hydrogen) atoms. The fourth-order valence-electron chi connectivity index (χ4n) is 3.58. The van der Waals surface area contributed by atoms with E-state index in [4.69, 9.17) is 0 Å². The van der Waals surface area contributed by atoms with Crippen molar-refractivity contribution in [2.24, 2.45) is 24.8 Å². The molecule has 3 unspecified atom stereocenters. The van der Waals surface area contributed by atoms with Gasteiger partial charge in [-0.2, -0.15) is 5.10 Å². The topological polar surface area (TPSA) is 29.9 Å². The molecule has 2 rings (SSSR count). The Bertz CT molecular complexity index is 383. The number of aryl methyl sites for hydroxylation is 2. The summed E-state index contributed by atoms with van der Waals surface area (Å²) in [5.41, 5.74) is 1.36. The Morgan fingerprint density at radius 2 is 2.21 bits per heavy atom. The lowest BCUT2D eigenvalue weighted by molar-refractivity contribution is 0.165. The smallest absolute Gasteiger partial charge is 0.0492 e. The number of nitrogens with one attached hydrogen (secondary N) is 1. The molecule has 0 saturated heterocycles. The Hall–Kier alpha value is -0.830. The first-order valence-corrected chi connectivity index (χ1v) is 7.76. The van der Waals surface area contributed by atoms with Crippen molar-refractivity contribution >= 4 is 0 Å². The van der Waals surface area contributed by atoms with E-state index in [-0.39, 0.29) is 0 Å². The summed E-state index contributed by atoms with van der Waals surface area (Å²) in [6, 6.07) is 2.86. The zero-order chi connectivity index (χ0) is 13.8. The third-order valence-electron chi connectivity index (χ3n) is 5.03. The van der Waals surface area contributed by atoms with Crippen molar-refractivity contribution in [3.05, 3.63) is 18.0 Å². The van der Waals surface area contributed by atoms with Crippen LogP contribution < -0.4 is 5.32 Å². The molecule has 1 heterocycles. The molecule has 108 valence electrons. The summed E-state index contributed by atoms with van der Waals surface area (Å²) in [7, 11) is 4.17. The fourth-order valence-corrected chi connectivity index (χ4v) is 3.58. The Kier molecular flexibility index (Phi) is 5.03. The molecule has 1 aromatic rings. The predicted octanol–water partition coefficient (Wildman–Crippen LogP) is 3.01. The zero-order valence-electron chi connectivity index (χ0n) is 12.9. The van der Waals surface area contributed by atoms with Crippen molar-refractivity contribution in [1.29, 1.82) is 0 Å². The minimum atomic E-state index is 0.711. The van der Waals surface area contributed by atoms with Crippen LogP contribution in [0, 0.1) is 17.8 Å². The first kappa shape index (κ1) is 14.6. The third kappa shape index (κ3) is 3.59. The SMILES string of the molecule is CNC1CCC(C(C)C)CC1CCc1ccnn1C. The molecular weight excluding hydrogens is 234 g/mol. The van der Waals surface area contributed by atoms with Gasteiger partial charge in [-0.15, -0.1) is 0 Å². The number of rotatable bonds is 5. The van der Waals surface area contributed by atoms with Gasteiger partial charge in [-0.3, -0.25) is 4.68 Å². The summed E-state index contributed by atoms with van der Waals surface area (Å²) in [6.45, 7) is 4.76. The Morgan fingerprint density at radius 1 is 1.42 bits per heavy atom. The van der Waals surface area contributed by atoms with Gasteiger partial charge in [-0.1, -0.05) is 13.8 Å². The molecule has 3 nitrogen and oxygen atoms in total. The number of hydrogen-bond donors (Lipinski definition) is 1. The molecule has 1 fully saturated rings. The quantitative estimate of drug-likeness (QED) is 0.885. The number of nitrogens with zero attached hydrogens (tertiary/aromatic N) is 2. The lowest BCUT2D eigenvalue weighted by atomic mass is 9.72. The van der Waals surface area contributed by atoms with E-state index in [2.05, 4.69) is 37.4 Å². The van der Waals surface area contributed by atoms with Crippen molar-refractivity contribution in [3.8, 4) is 0 Å². The molecule has 1 aliphatic rings. The van der Waals surface area contributed by atoms with E-state index in [1.807, 2.05) is 17.9 Å². The zero-order valence-corrected chi connectivity index (χ0v) is 12.9. The molecule has 0 amide bonds. The van der Waals surface area contributed by atoms with Crippen molar-refractivity contribution in [2.45, 2.75) is 52.0 Å². The van der Waals surface area contributed by atoms with E-state index in [9.17, 15) is 0 Å². The summed E-state index contributed by atoms with van der Waals surface area (Å²) in [4.78, 5) is 0. The van der Waals surface area contributed by atoms with Crippen LogP contribution in [0.1, 0.15) is 45.2 Å². The molecule has 0 spiro atoms. The van der Waals surface area contributed by atoms with Crippen LogP contribution in [0.15, 0.2) is 12.3 Å². The van der Waals surface area contributed by atoms with Gasteiger partial charge < -0.3 is 5.32 Å². The molecule has 3 atom stereocenters. The van der Waals surface area contributed by atoms with Crippen molar-refractivity contribution in [1.82, 2.24) is 15.1 Å². The molecule has 0 aliphatic heterocycles. The minimum absolute atomic E-state index is 0.711. The second kappa shape index (κ2) is 6.56. The van der Waals surface area contributed by atoms with E-state index in [1.54, 1.807) is 0 Å². The standard InChI is InChI=1S/C16H29N3/c1-12(2)13-6-8-16(17-3)14(11-13)5-7-15-9-10-18-19(15)4/h9-10,12-14,16-17H,5-8,11H2,1-4H3. The maximum Gasteiger partial charge on any atom is 0.0492 e. The van der Waals surface area contributed by atoms with Gasteiger partial charge in [0.15, 0.2) is 0 Å². The largest absolute Gasteiger partial charge is 0.317 e. The van der Waals surface area contributed by atoms with Crippen LogP contribution in [0.4, 0.5) is 0 Å². The summed E-state index contributed by atoms with van der Waals surface area (Å²) in [5, 5.41) is 7.80. The van der Waals surface area contributed by atoms with E-state index in [0.717, 1.165) is 24.2 Å². The van der Waals surface area contributed by atoms with Crippen molar-refractivity contribution < 1.29 is 0 Å². The number of aromatic nitrogens is 2. The van der Waals surface area contributed by atoms with Crippen LogP contribution >= 0.6 is 0 Å². The molecule has 0 aromatic carbocycles. The molecule has 0 radical (unpaired) electrons. The van der Waals surface area contributed by atoms with Gasteiger partial charge in [0.1, 0.15) is 0 Å². The molecule has 1 aromatic heterocycles. The highest BCUT2D eigenvalue weighted by Gasteiger charge is 2.30. The predicted molar refractivity (Wildman–Crippen MR) is 80.0 cm³/mol. The highest BCUT2D eigenvalue weighted by atomic mass is 15.2. The maximum absolute atomic E-state index is 4.26. The first-order chi connectivity index (χ1) is 9.11. The molecule has 1 aliphatic carbocycles. The van der Waals surface area contributed by atoms with E-state index >= 15 is 0 Å². The van der Waals surface area contributed by atoms with Crippen LogP contribution in [0.25, 0.3) is 0 Å². The molecule has 3 heteroatoms. The Morgan fingerprint density at radius 3 is 2.79 bits per heavy atom. The average molecular weight is 263 g/mol. The molecule has 0 bridgehead atoms. The van der Waals surface area contributed by atoms with Crippen molar-refractivity contribution in [2.75, 3.05) is 7.05 Å². The normalized spacial score (nSPS) is 27.9. The first-order valence-electron chi connectivity index (χ1n) is 7.76. The van der Waals surface area contributed by atoms with Crippen LogP contribution in [0.2, 0.25) is 0 Å². The van der Waals surface area contributed by atoms with Gasteiger partial charge in [-0.25, -0.2) is 0 Å². The highest BCUT2D eigenvalue weighted by Crippen LogP contribution is 2.36. The molecule has 1 saturated carbocycles. The lowest BCUT2D eigenvalue weighted by Gasteiger charge is -2.38.